The van der Waals surface area contributed by atoms with Gasteiger partial charge < -0.3 is 10.6 Å². The molecular weight excluding hydrogens is 342 g/mol. The van der Waals surface area contributed by atoms with Crippen LogP contribution in [0.4, 0.5) is 10.6 Å². The van der Waals surface area contributed by atoms with Gasteiger partial charge in [-0.3, -0.25) is 14.6 Å². The molecule has 0 atom stereocenters. The van der Waals surface area contributed by atoms with Crippen molar-refractivity contribution in [3.8, 4) is 0 Å². The molecule has 1 aromatic heterocycles. The van der Waals surface area contributed by atoms with Crippen LogP contribution in [0.5, 0.6) is 0 Å². The summed E-state index contributed by atoms with van der Waals surface area (Å²) in [5, 5.41) is 0. The van der Waals surface area contributed by atoms with Crippen LogP contribution in [0.1, 0.15) is 45.6 Å². The smallest absolute Gasteiger partial charge is 0.327 e. The molecule has 2 N–H and O–H groups in total. The zero-order valence-electron chi connectivity index (χ0n) is 16.6. The van der Waals surface area contributed by atoms with Crippen molar-refractivity contribution in [3.05, 3.63) is 23.9 Å². The lowest BCUT2D eigenvalue weighted by Crippen LogP contribution is -2.56. The van der Waals surface area contributed by atoms with Crippen molar-refractivity contribution in [3.63, 3.8) is 0 Å². The average Bonchev–Trinajstić information content (AvgIpc) is 2.83. The van der Waals surface area contributed by atoms with Crippen molar-refractivity contribution < 1.29 is 9.59 Å². The Balaban J connectivity index is 1.73. The molecule has 0 radical (unpaired) electrons. The lowest BCUT2D eigenvalue weighted by Gasteiger charge is -2.42. The van der Waals surface area contributed by atoms with Gasteiger partial charge in [-0.25, -0.2) is 9.78 Å². The van der Waals surface area contributed by atoms with Gasteiger partial charge in [0, 0.05) is 44.5 Å². The van der Waals surface area contributed by atoms with Gasteiger partial charge in [0.25, 0.3) is 5.91 Å². The number of amides is 3. The molecule has 148 valence electrons. The molecule has 0 unspecified atom stereocenters. The van der Waals surface area contributed by atoms with Gasteiger partial charge in [-0.15, -0.1) is 0 Å². The number of piperidine rings is 1. The molecule has 7 heteroatoms. The van der Waals surface area contributed by atoms with Crippen LogP contribution < -0.4 is 5.73 Å². The highest BCUT2D eigenvalue weighted by atomic mass is 16.2. The number of hydrogen-bond acceptors (Lipinski definition) is 5. The van der Waals surface area contributed by atoms with E-state index < -0.39 is 5.54 Å². The predicted molar refractivity (Wildman–Crippen MR) is 105 cm³/mol. The Bertz CT molecular complexity index is 697. The highest BCUT2D eigenvalue weighted by Crippen LogP contribution is 2.38. The van der Waals surface area contributed by atoms with E-state index in [0.29, 0.717) is 37.7 Å². The third kappa shape index (κ3) is 3.65. The second-order valence-corrected chi connectivity index (χ2v) is 8.02. The Morgan fingerprint density at radius 2 is 1.96 bits per heavy atom. The third-order valence-corrected chi connectivity index (χ3v) is 5.87. The maximum Gasteiger partial charge on any atom is 0.327 e. The summed E-state index contributed by atoms with van der Waals surface area (Å²) in [6.07, 6.45) is 3.95. The number of imide groups is 1. The number of aromatic nitrogens is 1. The molecule has 2 saturated heterocycles. The normalized spacial score (nSPS) is 20.3. The number of carbonyl (C=O) groups is 2. The minimum Gasteiger partial charge on any atom is -0.383 e. The number of hydrogen-bond donors (Lipinski definition) is 1. The van der Waals surface area contributed by atoms with Gasteiger partial charge in [-0.05, 0) is 38.2 Å². The van der Waals surface area contributed by atoms with Crippen LogP contribution in [0.15, 0.2) is 18.3 Å². The second-order valence-electron chi connectivity index (χ2n) is 8.02. The SMILES string of the molecule is CCN1C(=O)N(CCC(C)C)C2(CCN(Cc3cccnc3N)CC2)C1=O. The molecule has 3 amide bonds. The molecule has 1 spiro atoms. The van der Waals surface area contributed by atoms with Crippen molar-refractivity contribution in [2.45, 2.75) is 52.1 Å². The molecule has 2 aliphatic heterocycles. The Kier molecular flexibility index (Phi) is 5.69. The monoisotopic (exact) mass is 373 g/mol. The van der Waals surface area contributed by atoms with E-state index in [-0.39, 0.29) is 11.9 Å². The molecule has 0 saturated carbocycles. The van der Waals surface area contributed by atoms with Crippen LogP contribution in [0.25, 0.3) is 0 Å². The maximum atomic E-state index is 13.1. The number of anilines is 1. The molecule has 2 fully saturated rings. The summed E-state index contributed by atoms with van der Waals surface area (Å²) in [5.41, 5.74) is 6.31. The molecule has 3 rings (SSSR count). The fourth-order valence-corrected chi connectivity index (χ4v) is 4.15. The maximum absolute atomic E-state index is 13.1. The van der Waals surface area contributed by atoms with E-state index >= 15 is 0 Å². The summed E-state index contributed by atoms with van der Waals surface area (Å²) < 4.78 is 0. The van der Waals surface area contributed by atoms with Crippen LogP contribution in [0, 0.1) is 5.92 Å². The Morgan fingerprint density at radius 1 is 1.26 bits per heavy atom. The van der Waals surface area contributed by atoms with E-state index in [2.05, 4.69) is 23.7 Å². The Hall–Kier alpha value is -2.15. The van der Waals surface area contributed by atoms with Gasteiger partial charge in [0.2, 0.25) is 0 Å². The van der Waals surface area contributed by atoms with E-state index in [1.807, 2.05) is 24.0 Å². The quantitative estimate of drug-likeness (QED) is 0.774. The van der Waals surface area contributed by atoms with Crippen molar-refractivity contribution in [2.75, 3.05) is 31.9 Å². The first-order chi connectivity index (χ1) is 12.9. The fraction of sp³-hybridized carbons (Fsp3) is 0.650. The van der Waals surface area contributed by atoms with Gasteiger partial charge in [-0.1, -0.05) is 19.9 Å². The molecule has 3 heterocycles. The topological polar surface area (TPSA) is 82.8 Å². The second kappa shape index (κ2) is 7.84. The molecule has 0 bridgehead atoms. The van der Waals surface area contributed by atoms with E-state index in [0.717, 1.165) is 31.6 Å². The fourth-order valence-electron chi connectivity index (χ4n) is 4.15. The molecule has 0 aromatic carbocycles. The van der Waals surface area contributed by atoms with Gasteiger partial charge in [0.05, 0.1) is 0 Å². The summed E-state index contributed by atoms with van der Waals surface area (Å²) in [5.74, 6) is 1.04. The first kappa shape index (κ1) is 19.6. The Morgan fingerprint density at radius 3 is 2.56 bits per heavy atom. The number of pyridine rings is 1. The number of nitrogen functional groups attached to an aromatic ring is 1. The average molecular weight is 374 g/mol. The standard InChI is InChI=1S/C20H31N5O2/c1-4-24-18(26)20(25(19(24)27)11-7-15(2)3)8-12-23(13-9-20)14-16-6-5-10-22-17(16)21/h5-6,10,15H,4,7-9,11-14H2,1-3H3,(H2,21,22). The van der Waals surface area contributed by atoms with E-state index in [1.54, 1.807) is 6.20 Å². The van der Waals surface area contributed by atoms with Crippen LogP contribution >= 0.6 is 0 Å². The van der Waals surface area contributed by atoms with Crippen LogP contribution in [0.3, 0.4) is 0 Å². The molecular formula is C20H31N5O2. The molecule has 0 aliphatic carbocycles. The summed E-state index contributed by atoms with van der Waals surface area (Å²) in [4.78, 5) is 35.7. The number of urea groups is 1. The Labute approximate surface area is 161 Å². The van der Waals surface area contributed by atoms with Gasteiger partial charge in [0.15, 0.2) is 0 Å². The summed E-state index contributed by atoms with van der Waals surface area (Å²) in [6.45, 7) is 9.51. The lowest BCUT2D eigenvalue weighted by atomic mass is 9.85. The van der Waals surface area contributed by atoms with Crippen molar-refractivity contribution in [1.82, 2.24) is 19.7 Å². The highest BCUT2D eigenvalue weighted by Gasteiger charge is 2.57. The minimum absolute atomic E-state index is 0.0145. The molecule has 1 aromatic rings. The minimum atomic E-state index is -0.668. The lowest BCUT2D eigenvalue weighted by molar-refractivity contribution is -0.135. The van der Waals surface area contributed by atoms with E-state index in [4.69, 9.17) is 5.73 Å². The van der Waals surface area contributed by atoms with Crippen molar-refractivity contribution >= 4 is 17.8 Å². The van der Waals surface area contributed by atoms with Gasteiger partial charge in [-0.2, -0.15) is 0 Å². The summed E-state index contributed by atoms with van der Waals surface area (Å²) in [6, 6.07) is 3.77. The zero-order chi connectivity index (χ0) is 19.6. The van der Waals surface area contributed by atoms with E-state index in [9.17, 15) is 9.59 Å². The van der Waals surface area contributed by atoms with Crippen LogP contribution in [0.2, 0.25) is 0 Å². The van der Waals surface area contributed by atoms with Gasteiger partial charge >= 0.3 is 6.03 Å². The number of nitrogens with two attached hydrogens (primary N) is 1. The number of rotatable bonds is 6. The van der Waals surface area contributed by atoms with E-state index in [1.165, 1.54) is 4.90 Å². The van der Waals surface area contributed by atoms with Crippen LogP contribution in [-0.4, -0.2) is 63.3 Å². The highest BCUT2D eigenvalue weighted by molar-refractivity contribution is 6.07. The first-order valence-corrected chi connectivity index (χ1v) is 9.94. The third-order valence-electron chi connectivity index (χ3n) is 5.87. The van der Waals surface area contributed by atoms with Gasteiger partial charge in [0.1, 0.15) is 11.4 Å². The first-order valence-electron chi connectivity index (χ1n) is 9.94. The van der Waals surface area contributed by atoms with Crippen LogP contribution in [-0.2, 0) is 11.3 Å². The number of nitrogens with zero attached hydrogens (tertiary/aromatic N) is 4. The zero-order valence-corrected chi connectivity index (χ0v) is 16.6. The molecule has 27 heavy (non-hydrogen) atoms. The largest absolute Gasteiger partial charge is 0.383 e. The number of likely N-dealkylation sites (N-methyl/N-ethyl adjacent to an activating group) is 1. The summed E-state index contributed by atoms with van der Waals surface area (Å²) >= 11 is 0. The number of carbonyl (C=O) groups excluding carboxylic acids is 2. The summed E-state index contributed by atoms with van der Waals surface area (Å²) in [7, 11) is 0. The molecule has 7 nitrogen and oxygen atoms in total. The molecule has 2 aliphatic rings. The predicted octanol–water partition coefficient (Wildman–Crippen LogP) is 2.33. The van der Waals surface area contributed by atoms with Crippen molar-refractivity contribution in [2.24, 2.45) is 5.92 Å². The van der Waals surface area contributed by atoms with Crippen molar-refractivity contribution in [1.29, 1.82) is 0 Å². The number of likely N-dealkylation sites (tertiary alicyclic amines) is 1.